The molecule has 2 unspecified atom stereocenters. The van der Waals surface area contributed by atoms with Crippen LogP contribution in [-0.2, 0) is 4.79 Å². The Kier molecular flexibility index (Phi) is 5.12. The number of carbonyl (C=O) groups is 1. The normalized spacial score (nSPS) is 25.4. The van der Waals surface area contributed by atoms with E-state index in [9.17, 15) is 10.1 Å². The van der Waals surface area contributed by atoms with E-state index >= 15 is 0 Å². The molecule has 1 heterocycles. The van der Waals surface area contributed by atoms with Crippen LogP contribution in [-0.4, -0.2) is 29.6 Å². The molecular weight excluding hydrogens is 302 g/mol. The zero-order chi connectivity index (χ0) is 16.8. The van der Waals surface area contributed by atoms with Gasteiger partial charge in [-0.05, 0) is 37.8 Å². The van der Waals surface area contributed by atoms with Gasteiger partial charge in [-0.1, -0.05) is 24.6 Å². The molecule has 1 saturated carbocycles. The van der Waals surface area contributed by atoms with E-state index in [0.29, 0.717) is 11.4 Å². The lowest BCUT2D eigenvalue weighted by molar-refractivity contribution is -0.118. The summed E-state index contributed by atoms with van der Waals surface area (Å²) in [5, 5.41) is 13.8. The van der Waals surface area contributed by atoms with Gasteiger partial charge in [0, 0.05) is 11.9 Å². The second-order valence-electron chi connectivity index (χ2n) is 5.90. The SMILES string of the molecule is N#CC1C(=O)N=CC(NN=C2CCCCC2)C1=Nc1ccccc1. The molecule has 0 bridgehead atoms. The lowest BCUT2D eigenvalue weighted by Crippen LogP contribution is -2.45. The molecule has 1 amide bonds. The zero-order valence-electron chi connectivity index (χ0n) is 13.4. The third-order valence-electron chi connectivity index (χ3n) is 4.15. The lowest BCUT2D eigenvalue weighted by atomic mass is 9.95. The van der Waals surface area contributed by atoms with Crippen molar-refractivity contribution in [2.75, 3.05) is 0 Å². The number of nitrogens with one attached hydrogen (secondary N) is 1. The third kappa shape index (κ3) is 3.74. The highest BCUT2D eigenvalue weighted by atomic mass is 16.1. The quantitative estimate of drug-likeness (QED) is 0.868. The van der Waals surface area contributed by atoms with Crippen molar-refractivity contribution in [2.45, 2.75) is 38.1 Å². The first kappa shape index (κ1) is 16.1. The van der Waals surface area contributed by atoms with Crippen molar-refractivity contribution < 1.29 is 4.79 Å². The van der Waals surface area contributed by atoms with Crippen molar-refractivity contribution in [2.24, 2.45) is 21.0 Å². The molecule has 1 aromatic carbocycles. The molecular formula is C18H19N5O. The second-order valence-corrected chi connectivity index (χ2v) is 5.90. The summed E-state index contributed by atoms with van der Waals surface area (Å²) in [6.45, 7) is 0. The van der Waals surface area contributed by atoms with Gasteiger partial charge in [-0.2, -0.15) is 10.4 Å². The van der Waals surface area contributed by atoms with Crippen LogP contribution in [0.4, 0.5) is 5.69 Å². The molecule has 1 aromatic rings. The monoisotopic (exact) mass is 321 g/mol. The smallest absolute Gasteiger partial charge is 0.268 e. The van der Waals surface area contributed by atoms with Gasteiger partial charge in [0.25, 0.3) is 5.91 Å². The molecule has 1 fully saturated rings. The minimum Gasteiger partial charge on any atom is -0.296 e. The van der Waals surface area contributed by atoms with Gasteiger partial charge in [-0.3, -0.25) is 15.2 Å². The molecule has 2 atom stereocenters. The topological polar surface area (TPSA) is 90.0 Å². The summed E-state index contributed by atoms with van der Waals surface area (Å²) in [6, 6.07) is 10.9. The molecule has 2 aliphatic rings. The molecule has 0 spiro atoms. The summed E-state index contributed by atoms with van der Waals surface area (Å²) < 4.78 is 0. The van der Waals surface area contributed by atoms with E-state index in [4.69, 9.17) is 0 Å². The summed E-state index contributed by atoms with van der Waals surface area (Å²) in [6.07, 6.45) is 7.03. The van der Waals surface area contributed by atoms with Crippen LogP contribution >= 0.6 is 0 Å². The van der Waals surface area contributed by atoms with Gasteiger partial charge in [0.2, 0.25) is 0 Å². The summed E-state index contributed by atoms with van der Waals surface area (Å²) >= 11 is 0. The first-order chi connectivity index (χ1) is 11.8. The number of rotatable bonds is 3. The van der Waals surface area contributed by atoms with E-state index in [0.717, 1.165) is 31.4 Å². The number of amides is 1. The van der Waals surface area contributed by atoms with Gasteiger partial charge in [0.05, 0.1) is 17.5 Å². The molecule has 122 valence electrons. The number of hydrazone groups is 1. The number of nitrogens with zero attached hydrogens (tertiary/aromatic N) is 4. The molecule has 0 radical (unpaired) electrons. The standard InChI is InChI=1S/C18H19N5O/c19-11-15-17(21-13-7-3-1-4-8-13)16(12-20-18(15)24)23-22-14-9-5-2-6-10-14/h1,3-4,7-8,12,15-16,23H,2,5-6,9-10H2. The van der Waals surface area contributed by atoms with Gasteiger partial charge in [0.15, 0.2) is 5.92 Å². The Morgan fingerprint density at radius 1 is 1.17 bits per heavy atom. The highest BCUT2D eigenvalue weighted by molar-refractivity contribution is 6.21. The highest BCUT2D eigenvalue weighted by Gasteiger charge is 2.33. The number of aliphatic imine (C=N–C) groups is 2. The summed E-state index contributed by atoms with van der Waals surface area (Å²) in [5.74, 6) is -1.45. The van der Waals surface area contributed by atoms with Gasteiger partial charge in [-0.15, -0.1) is 0 Å². The molecule has 0 aromatic heterocycles. The minimum atomic E-state index is -0.973. The van der Waals surface area contributed by atoms with Crippen molar-refractivity contribution in [1.82, 2.24) is 5.43 Å². The number of carbonyl (C=O) groups excluding carboxylic acids is 1. The highest BCUT2D eigenvalue weighted by Crippen LogP contribution is 2.18. The maximum atomic E-state index is 11.9. The van der Waals surface area contributed by atoms with E-state index in [2.05, 4.69) is 20.5 Å². The first-order valence-electron chi connectivity index (χ1n) is 8.20. The summed E-state index contributed by atoms with van der Waals surface area (Å²) in [7, 11) is 0. The van der Waals surface area contributed by atoms with Crippen LogP contribution in [0.5, 0.6) is 0 Å². The van der Waals surface area contributed by atoms with Crippen LogP contribution in [0.2, 0.25) is 0 Å². The van der Waals surface area contributed by atoms with Crippen molar-refractivity contribution in [3.63, 3.8) is 0 Å². The van der Waals surface area contributed by atoms with Crippen LogP contribution in [0.25, 0.3) is 0 Å². The number of hydrogen-bond acceptors (Lipinski definition) is 5. The van der Waals surface area contributed by atoms with Crippen LogP contribution in [0.15, 0.2) is 45.4 Å². The third-order valence-corrected chi connectivity index (χ3v) is 4.15. The van der Waals surface area contributed by atoms with E-state index in [-0.39, 0.29) is 0 Å². The molecule has 1 aliphatic carbocycles. The summed E-state index contributed by atoms with van der Waals surface area (Å²) in [5.41, 5.74) is 5.33. The van der Waals surface area contributed by atoms with Crippen molar-refractivity contribution in [3.05, 3.63) is 30.3 Å². The average molecular weight is 321 g/mol. The van der Waals surface area contributed by atoms with E-state index in [1.165, 1.54) is 12.6 Å². The molecule has 6 heteroatoms. The van der Waals surface area contributed by atoms with Crippen LogP contribution in [0, 0.1) is 17.2 Å². The zero-order valence-corrected chi connectivity index (χ0v) is 13.4. The maximum Gasteiger partial charge on any atom is 0.268 e. The molecule has 24 heavy (non-hydrogen) atoms. The molecule has 1 N–H and O–H groups in total. The molecule has 0 saturated heterocycles. The Morgan fingerprint density at radius 3 is 2.62 bits per heavy atom. The van der Waals surface area contributed by atoms with Crippen molar-refractivity contribution in [1.29, 1.82) is 5.26 Å². The van der Waals surface area contributed by atoms with E-state index < -0.39 is 17.9 Å². The largest absolute Gasteiger partial charge is 0.296 e. The van der Waals surface area contributed by atoms with Crippen molar-refractivity contribution in [3.8, 4) is 6.07 Å². The average Bonchev–Trinajstić information content (AvgIpc) is 2.63. The van der Waals surface area contributed by atoms with E-state index in [1.54, 1.807) is 0 Å². The van der Waals surface area contributed by atoms with Gasteiger partial charge < -0.3 is 0 Å². The fourth-order valence-electron chi connectivity index (χ4n) is 2.84. The molecule has 3 rings (SSSR count). The van der Waals surface area contributed by atoms with Gasteiger partial charge in [-0.25, -0.2) is 4.99 Å². The van der Waals surface area contributed by atoms with Crippen LogP contribution < -0.4 is 5.43 Å². The second kappa shape index (κ2) is 7.64. The Balaban J connectivity index is 1.87. The first-order valence-corrected chi connectivity index (χ1v) is 8.20. The number of benzene rings is 1. The predicted octanol–water partition coefficient (Wildman–Crippen LogP) is 2.79. The van der Waals surface area contributed by atoms with Gasteiger partial charge >= 0.3 is 0 Å². The molecule has 6 nitrogen and oxygen atoms in total. The number of para-hydroxylation sites is 1. The van der Waals surface area contributed by atoms with E-state index in [1.807, 2.05) is 36.4 Å². The summed E-state index contributed by atoms with van der Waals surface area (Å²) in [4.78, 5) is 20.2. The fourth-order valence-corrected chi connectivity index (χ4v) is 2.84. The Labute approximate surface area is 141 Å². The number of hydrogen-bond donors (Lipinski definition) is 1. The Bertz CT molecular complexity index is 722. The fraction of sp³-hybridized carbons (Fsp3) is 0.389. The maximum absolute atomic E-state index is 11.9. The van der Waals surface area contributed by atoms with Crippen LogP contribution in [0.1, 0.15) is 32.1 Å². The molecule has 1 aliphatic heterocycles. The lowest BCUT2D eigenvalue weighted by Gasteiger charge is -2.22. The Morgan fingerprint density at radius 2 is 1.92 bits per heavy atom. The van der Waals surface area contributed by atoms with Crippen LogP contribution in [0.3, 0.4) is 0 Å². The predicted molar refractivity (Wildman–Crippen MR) is 93.6 cm³/mol. The Hall–Kier alpha value is -2.81. The number of nitriles is 1. The van der Waals surface area contributed by atoms with Crippen molar-refractivity contribution >= 4 is 29.2 Å². The van der Waals surface area contributed by atoms with Gasteiger partial charge in [0.1, 0.15) is 6.04 Å². The minimum absolute atomic E-state index is 0.443.